The number of hydrogen-bond donors (Lipinski definition) is 1. The number of piperidine rings is 1. The van der Waals surface area contributed by atoms with Crippen molar-refractivity contribution in [2.45, 2.75) is 19.3 Å². The van der Waals surface area contributed by atoms with Gasteiger partial charge in [-0.1, -0.05) is 11.6 Å². The van der Waals surface area contributed by atoms with Crippen LogP contribution in [0.3, 0.4) is 0 Å². The van der Waals surface area contributed by atoms with Crippen LogP contribution in [0.2, 0.25) is 5.02 Å². The molecule has 1 aromatic rings. The standard InChI is InChI=1S/C15H17ClFN3O/c16-13-10-12(2-3-14(13)17)19-15(21)11-4-8-20(9-5-11)7-1-6-18/h2-3,10-11H,1,4-5,7-9H2,(H,19,21). The van der Waals surface area contributed by atoms with Crippen molar-refractivity contribution in [3.8, 4) is 6.07 Å². The highest BCUT2D eigenvalue weighted by Crippen LogP contribution is 2.22. The zero-order valence-corrected chi connectivity index (χ0v) is 12.4. The Bertz CT molecular complexity index is 550. The van der Waals surface area contributed by atoms with Crippen LogP contribution in [0, 0.1) is 23.1 Å². The van der Waals surface area contributed by atoms with E-state index in [0.29, 0.717) is 12.1 Å². The van der Waals surface area contributed by atoms with Gasteiger partial charge >= 0.3 is 0 Å². The number of rotatable bonds is 4. The fraction of sp³-hybridized carbons (Fsp3) is 0.467. The minimum atomic E-state index is -0.500. The van der Waals surface area contributed by atoms with Gasteiger partial charge in [-0.3, -0.25) is 4.79 Å². The molecule has 0 atom stereocenters. The predicted octanol–water partition coefficient (Wildman–Crippen LogP) is 3.04. The zero-order chi connectivity index (χ0) is 15.2. The lowest BCUT2D eigenvalue weighted by atomic mass is 9.95. The molecule has 1 aromatic carbocycles. The molecule has 2 rings (SSSR count). The van der Waals surface area contributed by atoms with Crippen LogP contribution in [-0.2, 0) is 4.79 Å². The van der Waals surface area contributed by atoms with E-state index in [1.165, 1.54) is 18.2 Å². The normalized spacial score (nSPS) is 16.4. The summed E-state index contributed by atoms with van der Waals surface area (Å²) in [6.07, 6.45) is 2.06. The van der Waals surface area contributed by atoms with E-state index in [1.807, 2.05) is 0 Å². The Balaban J connectivity index is 1.84. The molecule has 0 aromatic heterocycles. The van der Waals surface area contributed by atoms with Crippen molar-refractivity contribution in [2.75, 3.05) is 25.0 Å². The van der Waals surface area contributed by atoms with Crippen molar-refractivity contribution in [3.05, 3.63) is 29.0 Å². The molecule has 1 amide bonds. The highest BCUT2D eigenvalue weighted by atomic mass is 35.5. The van der Waals surface area contributed by atoms with Gasteiger partial charge in [-0.2, -0.15) is 5.26 Å². The van der Waals surface area contributed by atoms with Crippen LogP contribution in [0.15, 0.2) is 18.2 Å². The first-order chi connectivity index (χ1) is 10.1. The van der Waals surface area contributed by atoms with Gasteiger partial charge in [0.15, 0.2) is 0 Å². The van der Waals surface area contributed by atoms with Gasteiger partial charge in [-0.05, 0) is 44.1 Å². The molecule has 1 aliphatic rings. The van der Waals surface area contributed by atoms with Crippen molar-refractivity contribution in [1.29, 1.82) is 5.26 Å². The van der Waals surface area contributed by atoms with Crippen molar-refractivity contribution < 1.29 is 9.18 Å². The minimum Gasteiger partial charge on any atom is -0.326 e. The number of nitrogens with zero attached hydrogens (tertiary/aromatic N) is 2. The quantitative estimate of drug-likeness (QED) is 0.930. The molecule has 0 aliphatic carbocycles. The molecule has 0 spiro atoms. The number of hydrogen-bond acceptors (Lipinski definition) is 3. The van der Waals surface area contributed by atoms with Crippen LogP contribution in [-0.4, -0.2) is 30.4 Å². The first-order valence-corrected chi connectivity index (χ1v) is 7.33. The molecular formula is C15H17ClFN3O. The third kappa shape index (κ3) is 4.42. The maximum absolute atomic E-state index is 13.1. The summed E-state index contributed by atoms with van der Waals surface area (Å²) in [7, 11) is 0. The SMILES string of the molecule is N#CCCN1CCC(C(=O)Nc2ccc(F)c(Cl)c2)CC1. The van der Waals surface area contributed by atoms with Crippen LogP contribution in [0.25, 0.3) is 0 Å². The smallest absolute Gasteiger partial charge is 0.227 e. The fourth-order valence-corrected chi connectivity index (χ4v) is 2.63. The molecule has 112 valence electrons. The monoisotopic (exact) mass is 309 g/mol. The number of amides is 1. The third-order valence-electron chi connectivity index (χ3n) is 3.69. The maximum Gasteiger partial charge on any atom is 0.227 e. The Morgan fingerprint density at radius 1 is 1.48 bits per heavy atom. The number of anilines is 1. The van der Waals surface area contributed by atoms with E-state index in [-0.39, 0.29) is 16.8 Å². The second-order valence-corrected chi connectivity index (χ2v) is 5.55. The third-order valence-corrected chi connectivity index (χ3v) is 3.97. The Labute approximate surface area is 128 Å². The molecule has 1 aliphatic heterocycles. The molecule has 0 saturated carbocycles. The fourth-order valence-electron chi connectivity index (χ4n) is 2.45. The van der Waals surface area contributed by atoms with Gasteiger partial charge in [0.2, 0.25) is 5.91 Å². The van der Waals surface area contributed by atoms with Crippen molar-refractivity contribution >= 4 is 23.2 Å². The average molecular weight is 310 g/mol. The van der Waals surface area contributed by atoms with Crippen molar-refractivity contribution in [1.82, 2.24) is 4.90 Å². The van der Waals surface area contributed by atoms with Gasteiger partial charge in [-0.25, -0.2) is 4.39 Å². The van der Waals surface area contributed by atoms with E-state index in [4.69, 9.17) is 16.9 Å². The molecular weight excluding hydrogens is 293 g/mol. The molecule has 1 heterocycles. The lowest BCUT2D eigenvalue weighted by molar-refractivity contribution is -0.121. The van der Waals surface area contributed by atoms with Gasteiger partial charge in [-0.15, -0.1) is 0 Å². The lowest BCUT2D eigenvalue weighted by Gasteiger charge is -2.30. The van der Waals surface area contributed by atoms with Crippen LogP contribution in [0.1, 0.15) is 19.3 Å². The van der Waals surface area contributed by atoms with Crippen LogP contribution >= 0.6 is 11.6 Å². The number of likely N-dealkylation sites (tertiary alicyclic amines) is 1. The van der Waals surface area contributed by atoms with E-state index in [2.05, 4.69) is 16.3 Å². The largest absolute Gasteiger partial charge is 0.326 e. The zero-order valence-electron chi connectivity index (χ0n) is 11.6. The Morgan fingerprint density at radius 2 is 2.19 bits per heavy atom. The number of benzene rings is 1. The van der Waals surface area contributed by atoms with E-state index in [9.17, 15) is 9.18 Å². The number of carbonyl (C=O) groups is 1. The first-order valence-electron chi connectivity index (χ1n) is 6.95. The summed E-state index contributed by atoms with van der Waals surface area (Å²) in [6.45, 7) is 2.41. The number of halogens is 2. The molecule has 1 N–H and O–H groups in total. The van der Waals surface area contributed by atoms with E-state index in [1.54, 1.807) is 0 Å². The molecule has 1 saturated heterocycles. The van der Waals surface area contributed by atoms with Crippen LogP contribution in [0.5, 0.6) is 0 Å². The number of carbonyl (C=O) groups excluding carboxylic acids is 1. The Kier molecular flexibility index (Phi) is 5.54. The van der Waals surface area contributed by atoms with Crippen LogP contribution < -0.4 is 5.32 Å². The predicted molar refractivity (Wildman–Crippen MR) is 79.4 cm³/mol. The summed E-state index contributed by atoms with van der Waals surface area (Å²) < 4.78 is 13.1. The molecule has 0 radical (unpaired) electrons. The molecule has 21 heavy (non-hydrogen) atoms. The van der Waals surface area contributed by atoms with Gasteiger partial charge in [0.25, 0.3) is 0 Å². The molecule has 4 nitrogen and oxygen atoms in total. The summed E-state index contributed by atoms with van der Waals surface area (Å²) in [5.41, 5.74) is 0.512. The summed E-state index contributed by atoms with van der Waals surface area (Å²) in [6, 6.07) is 6.28. The number of nitriles is 1. The average Bonchev–Trinajstić information content (AvgIpc) is 2.49. The van der Waals surface area contributed by atoms with Gasteiger partial charge in [0, 0.05) is 24.6 Å². The molecule has 0 unspecified atom stereocenters. The minimum absolute atomic E-state index is 0.000812. The van der Waals surface area contributed by atoms with Crippen LogP contribution in [0.4, 0.5) is 10.1 Å². The second kappa shape index (κ2) is 7.39. The van der Waals surface area contributed by atoms with Gasteiger partial charge < -0.3 is 10.2 Å². The Morgan fingerprint density at radius 3 is 2.81 bits per heavy atom. The van der Waals surface area contributed by atoms with Crippen molar-refractivity contribution in [2.24, 2.45) is 5.92 Å². The molecule has 1 fully saturated rings. The summed E-state index contributed by atoms with van der Waals surface area (Å²) in [5.74, 6) is -0.606. The first kappa shape index (κ1) is 15.7. The van der Waals surface area contributed by atoms with Gasteiger partial charge in [0.05, 0.1) is 11.1 Å². The summed E-state index contributed by atoms with van der Waals surface area (Å²) >= 11 is 5.69. The van der Waals surface area contributed by atoms with Gasteiger partial charge in [0.1, 0.15) is 5.82 Å². The maximum atomic E-state index is 13.1. The van der Waals surface area contributed by atoms with Crippen molar-refractivity contribution in [3.63, 3.8) is 0 Å². The van der Waals surface area contributed by atoms with E-state index < -0.39 is 5.82 Å². The van der Waals surface area contributed by atoms with E-state index in [0.717, 1.165) is 32.5 Å². The second-order valence-electron chi connectivity index (χ2n) is 5.14. The summed E-state index contributed by atoms with van der Waals surface area (Å²) in [5, 5.41) is 11.3. The molecule has 0 bridgehead atoms. The number of nitrogens with one attached hydrogen (secondary N) is 1. The highest BCUT2D eigenvalue weighted by Gasteiger charge is 2.24. The lowest BCUT2D eigenvalue weighted by Crippen LogP contribution is -2.38. The topological polar surface area (TPSA) is 56.1 Å². The molecule has 6 heteroatoms. The summed E-state index contributed by atoms with van der Waals surface area (Å²) in [4.78, 5) is 14.4. The Hall–Kier alpha value is -1.64. The van der Waals surface area contributed by atoms with E-state index >= 15 is 0 Å². The highest BCUT2D eigenvalue weighted by molar-refractivity contribution is 6.31.